The minimum atomic E-state index is -0.431. The minimum Gasteiger partial charge on any atom is -0.378 e. The summed E-state index contributed by atoms with van der Waals surface area (Å²) in [6, 6.07) is 29.6. The monoisotopic (exact) mass is 470 g/mol. The first-order chi connectivity index (χ1) is 16.8. The van der Waals surface area contributed by atoms with Crippen LogP contribution in [-0.2, 0) is 11.3 Å². The quantitative estimate of drug-likeness (QED) is 0.270. The number of hydrogen-bond acceptors (Lipinski definition) is 6. The van der Waals surface area contributed by atoms with Crippen LogP contribution in [0.4, 0.5) is 5.95 Å². The van der Waals surface area contributed by atoms with Gasteiger partial charge in [-0.05, 0) is 11.1 Å². The van der Waals surface area contributed by atoms with Crippen molar-refractivity contribution in [3.63, 3.8) is 0 Å². The van der Waals surface area contributed by atoms with E-state index in [0.717, 1.165) is 35.3 Å². The number of aromatic nitrogens is 3. The van der Waals surface area contributed by atoms with Gasteiger partial charge in [0.25, 0.3) is 0 Å². The molecule has 1 aliphatic rings. The molecule has 34 heavy (non-hydrogen) atoms. The normalized spacial score (nSPS) is 14.6. The summed E-state index contributed by atoms with van der Waals surface area (Å²) in [4.78, 5) is 15.8. The summed E-state index contributed by atoms with van der Waals surface area (Å²) in [6.07, 6.45) is 0. The summed E-state index contributed by atoms with van der Waals surface area (Å²) in [5, 5.41) is 9.43. The topological polar surface area (TPSA) is 60.3 Å². The van der Waals surface area contributed by atoms with Crippen LogP contribution in [0, 0.1) is 0 Å². The van der Waals surface area contributed by atoms with E-state index in [1.54, 1.807) is 0 Å². The molecule has 0 saturated carbocycles. The van der Waals surface area contributed by atoms with Crippen molar-refractivity contribution in [2.75, 3.05) is 31.2 Å². The number of rotatable bonds is 8. The summed E-state index contributed by atoms with van der Waals surface area (Å²) >= 11 is 1.46. The maximum atomic E-state index is 13.6. The van der Waals surface area contributed by atoms with Crippen LogP contribution in [0.1, 0.15) is 26.7 Å². The third kappa shape index (κ3) is 5.05. The summed E-state index contributed by atoms with van der Waals surface area (Å²) < 4.78 is 7.66. The van der Waals surface area contributed by atoms with E-state index in [4.69, 9.17) is 4.74 Å². The van der Waals surface area contributed by atoms with Crippen molar-refractivity contribution in [1.82, 2.24) is 14.8 Å². The molecule has 0 N–H and O–H groups in total. The second-order valence-corrected chi connectivity index (χ2v) is 9.16. The van der Waals surface area contributed by atoms with Crippen LogP contribution >= 0.6 is 11.8 Å². The van der Waals surface area contributed by atoms with Gasteiger partial charge in [0.15, 0.2) is 10.9 Å². The first-order valence-corrected chi connectivity index (χ1v) is 12.3. The highest BCUT2D eigenvalue weighted by molar-refractivity contribution is 8.00. The van der Waals surface area contributed by atoms with Gasteiger partial charge in [-0.3, -0.25) is 9.36 Å². The second-order valence-electron chi connectivity index (χ2n) is 8.09. The maximum Gasteiger partial charge on any atom is 0.228 e. The zero-order valence-corrected chi connectivity index (χ0v) is 19.6. The van der Waals surface area contributed by atoms with Crippen LogP contribution < -0.4 is 4.90 Å². The Labute approximate surface area is 203 Å². The number of carbonyl (C=O) groups excluding carboxylic acids is 1. The summed E-state index contributed by atoms with van der Waals surface area (Å²) in [5.74, 6) is 0.868. The number of morpholine rings is 1. The van der Waals surface area contributed by atoms with E-state index in [0.29, 0.717) is 25.3 Å². The largest absolute Gasteiger partial charge is 0.378 e. The number of anilines is 1. The molecule has 2 heterocycles. The molecule has 3 aromatic carbocycles. The lowest BCUT2D eigenvalue weighted by Gasteiger charge is -2.28. The molecule has 4 aromatic rings. The first-order valence-electron chi connectivity index (χ1n) is 11.4. The van der Waals surface area contributed by atoms with E-state index < -0.39 is 5.25 Å². The summed E-state index contributed by atoms with van der Waals surface area (Å²) in [5.41, 5.74) is 2.79. The van der Waals surface area contributed by atoms with E-state index >= 15 is 0 Å². The summed E-state index contributed by atoms with van der Waals surface area (Å²) in [6.45, 7) is 3.49. The van der Waals surface area contributed by atoms with Crippen LogP contribution in [-0.4, -0.2) is 46.9 Å². The van der Waals surface area contributed by atoms with Gasteiger partial charge in [0.2, 0.25) is 5.95 Å². The molecule has 0 spiro atoms. The van der Waals surface area contributed by atoms with Crippen LogP contribution in [0.2, 0.25) is 0 Å². The van der Waals surface area contributed by atoms with Gasteiger partial charge in [-0.25, -0.2) is 0 Å². The Morgan fingerprint density at radius 1 is 0.853 bits per heavy atom. The Morgan fingerprint density at radius 2 is 1.47 bits per heavy atom. The number of Topliss-reactive ketones (excluding diaryl/α,β-unsaturated/α-hetero) is 1. The van der Waals surface area contributed by atoms with Crippen LogP contribution in [0.25, 0.3) is 0 Å². The molecular formula is C27H26N4O2S. The molecule has 1 aromatic heterocycles. The van der Waals surface area contributed by atoms with Crippen molar-refractivity contribution in [1.29, 1.82) is 0 Å². The highest BCUT2D eigenvalue weighted by Crippen LogP contribution is 2.38. The van der Waals surface area contributed by atoms with Gasteiger partial charge in [0.05, 0.1) is 19.8 Å². The van der Waals surface area contributed by atoms with Gasteiger partial charge < -0.3 is 9.64 Å². The predicted octanol–water partition coefficient (Wildman–Crippen LogP) is 4.88. The van der Waals surface area contributed by atoms with Crippen molar-refractivity contribution in [3.8, 4) is 0 Å². The molecule has 0 radical (unpaired) electrons. The van der Waals surface area contributed by atoms with Gasteiger partial charge in [-0.2, -0.15) is 0 Å². The number of benzene rings is 3. The minimum absolute atomic E-state index is 0.0546. The Hall–Kier alpha value is -3.42. The molecule has 6 nitrogen and oxygen atoms in total. The molecular weight excluding hydrogens is 444 g/mol. The van der Waals surface area contributed by atoms with Gasteiger partial charge in [-0.1, -0.05) is 103 Å². The average Bonchev–Trinajstić information content (AvgIpc) is 3.31. The fraction of sp³-hybridized carbons (Fsp3) is 0.222. The van der Waals surface area contributed by atoms with Crippen molar-refractivity contribution in [2.45, 2.75) is 17.0 Å². The molecule has 1 saturated heterocycles. The Kier molecular flexibility index (Phi) is 7.02. The van der Waals surface area contributed by atoms with Gasteiger partial charge in [-0.15, -0.1) is 10.2 Å². The fourth-order valence-corrected chi connectivity index (χ4v) is 5.14. The molecule has 0 unspecified atom stereocenters. The molecule has 172 valence electrons. The van der Waals surface area contributed by atoms with E-state index in [-0.39, 0.29) is 5.78 Å². The number of carbonyl (C=O) groups is 1. The molecule has 0 aliphatic carbocycles. The lowest BCUT2D eigenvalue weighted by molar-refractivity contribution is 0.0989. The summed E-state index contributed by atoms with van der Waals surface area (Å²) in [7, 11) is 0. The molecule has 7 heteroatoms. The lowest BCUT2D eigenvalue weighted by Crippen LogP contribution is -2.38. The fourth-order valence-electron chi connectivity index (χ4n) is 4.03. The van der Waals surface area contributed by atoms with E-state index in [2.05, 4.69) is 31.8 Å². The van der Waals surface area contributed by atoms with Crippen LogP contribution in [0.15, 0.2) is 96.2 Å². The average molecular weight is 471 g/mol. The molecule has 0 amide bonds. The molecule has 5 rings (SSSR count). The predicted molar refractivity (Wildman–Crippen MR) is 134 cm³/mol. The van der Waals surface area contributed by atoms with Crippen molar-refractivity contribution in [2.24, 2.45) is 0 Å². The van der Waals surface area contributed by atoms with E-state index in [1.165, 1.54) is 11.8 Å². The lowest BCUT2D eigenvalue weighted by atomic mass is 10.0. The number of hydrogen-bond donors (Lipinski definition) is 0. The Bertz CT molecular complexity index is 1210. The first kappa shape index (κ1) is 22.4. The van der Waals surface area contributed by atoms with E-state index in [9.17, 15) is 4.79 Å². The van der Waals surface area contributed by atoms with Crippen molar-refractivity contribution < 1.29 is 9.53 Å². The van der Waals surface area contributed by atoms with Gasteiger partial charge >= 0.3 is 0 Å². The second kappa shape index (κ2) is 10.7. The zero-order valence-electron chi connectivity index (χ0n) is 18.8. The number of nitrogens with zero attached hydrogens (tertiary/aromatic N) is 4. The van der Waals surface area contributed by atoms with Crippen molar-refractivity contribution in [3.05, 3.63) is 108 Å². The van der Waals surface area contributed by atoms with Crippen LogP contribution in [0.5, 0.6) is 0 Å². The number of thioether (sulfide) groups is 1. The zero-order chi connectivity index (χ0) is 23.2. The SMILES string of the molecule is O=C(c1ccccc1)[C@H](Sc1nnc(N2CCOCC2)n1Cc1ccccc1)c1ccccc1. The van der Waals surface area contributed by atoms with Gasteiger partial charge in [0.1, 0.15) is 5.25 Å². The third-order valence-electron chi connectivity index (χ3n) is 5.80. The standard InChI is InChI=1S/C27H26N4O2S/c32-24(22-12-6-2-7-13-22)25(23-14-8-3-9-15-23)34-27-29-28-26(30-16-18-33-19-17-30)31(27)20-21-10-4-1-5-11-21/h1-15,25H,16-20H2/t25-/m1/s1. The number of ketones is 1. The highest BCUT2D eigenvalue weighted by Gasteiger charge is 2.28. The molecule has 1 fully saturated rings. The smallest absolute Gasteiger partial charge is 0.228 e. The van der Waals surface area contributed by atoms with E-state index in [1.807, 2.05) is 78.9 Å². The Balaban J connectivity index is 1.52. The number of ether oxygens (including phenoxy) is 1. The van der Waals surface area contributed by atoms with Crippen LogP contribution in [0.3, 0.4) is 0 Å². The Morgan fingerprint density at radius 3 is 2.15 bits per heavy atom. The maximum absolute atomic E-state index is 13.6. The molecule has 1 atom stereocenters. The highest BCUT2D eigenvalue weighted by atomic mass is 32.2. The molecule has 0 bridgehead atoms. The third-order valence-corrected chi connectivity index (χ3v) is 7.03. The molecule has 1 aliphatic heterocycles. The van der Waals surface area contributed by atoms with Gasteiger partial charge in [0, 0.05) is 18.7 Å². The van der Waals surface area contributed by atoms with Crippen molar-refractivity contribution >= 4 is 23.5 Å².